The Bertz CT molecular complexity index is 306. The third-order valence-electron chi connectivity index (χ3n) is 1.92. The molecule has 76 valence electrons. The van der Waals surface area contributed by atoms with Crippen LogP contribution >= 0.6 is 0 Å². The maximum absolute atomic E-state index is 13.9. The Morgan fingerprint density at radius 1 is 1.43 bits per heavy atom. The van der Waals surface area contributed by atoms with Gasteiger partial charge in [-0.2, -0.15) is 0 Å². The van der Waals surface area contributed by atoms with Gasteiger partial charge in [0.25, 0.3) is 0 Å². The van der Waals surface area contributed by atoms with Crippen LogP contribution in [0, 0.1) is 0 Å². The number of rotatable bonds is 3. The Morgan fingerprint density at radius 3 is 2.50 bits per heavy atom. The lowest BCUT2D eigenvalue weighted by atomic mass is 9.99. The van der Waals surface area contributed by atoms with Gasteiger partial charge < -0.3 is 4.74 Å². The zero-order valence-electron chi connectivity index (χ0n) is 8.29. The summed E-state index contributed by atoms with van der Waals surface area (Å²) in [5.41, 5.74) is -1.10. The number of alkyl halides is 1. The van der Waals surface area contributed by atoms with Gasteiger partial charge in [0.2, 0.25) is 0 Å². The normalized spacial score (nSPS) is 14.5. The number of esters is 1. The van der Waals surface area contributed by atoms with Gasteiger partial charge in [0, 0.05) is 6.92 Å². The summed E-state index contributed by atoms with van der Waals surface area (Å²) in [7, 11) is 0. The second-order valence-corrected chi connectivity index (χ2v) is 3.34. The summed E-state index contributed by atoms with van der Waals surface area (Å²) < 4.78 is 18.6. The summed E-state index contributed by atoms with van der Waals surface area (Å²) in [6.45, 7) is 2.42. The second-order valence-electron chi connectivity index (χ2n) is 3.34. The fraction of sp³-hybridized carbons (Fsp3) is 0.364. The molecule has 0 saturated carbocycles. The molecule has 0 aliphatic carbocycles. The van der Waals surface area contributed by atoms with Crippen LogP contribution in [0.2, 0.25) is 0 Å². The summed E-state index contributed by atoms with van der Waals surface area (Å²) >= 11 is 0. The van der Waals surface area contributed by atoms with Crippen molar-refractivity contribution >= 4 is 5.97 Å². The lowest BCUT2D eigenvalue weighted by molar-refractivity contribution is -0.145. The van der Waals surface area contributed by atoms with Crippen LogP contribution in [0.4, 0.5) is 4.39 Å². The maximum atomic E-state index is 13.9. The Kier molecular flexibility index (Phi) is 3.23. The minimum atomic E-state index is -1.62. The molecule has 0 amide bonds. The molecular weight excluding hydrogens is 183 g/mol. The van der Waals surface area contributed by atoms with Crippen molar-refractivity contribution < 1.29 is 13.9 Å². The number of ether oxygens (including phenoxy) is 1. The molecule has 0 aliphatic heterocycles. The van der Waals surface area contributed by atoms with Crippen LogP contribution in [-0.4, -0.2) is 12.6 Å². The highest BCUT2D eigenvalue weighted by Crippen LogP contribution is 2.25. The van der Waals surface area contributed by atoms with Crippen molar-refractivity contribution in [2.24, 2.45) is 0 Å². The first-order valence-corrected chi connectivity index (χ1v) is 4.40. The molecule has 1 atom stereocenters. The van der Waals surface area contributed by atoms with Gasteiger partial charge in [0.1, 0.15) is 6.61 Å². The molecule has 1 rings (SSSR count). The molecule has 0 unspecified atom stereocenters. The Labute approximate surface area is 82.7 Å². The minimum absolute atomic E-state index is 0.244. The molecule has 14 heavy (non-hydrogen) atoms. The number of carbonyl (C=O) groups is 1. The van der Waals surface area contributed by atoms with Gasteiger partial charge in [0.15, 0.2) is 5.67 Å². The lowest BCUT2D eigenvalue weighted by Crippen LogP contribution is -2.23. The Hall–Kier alpha value is -1.38. The Balaban J connectivity index is 2.70. The standard InChI is InChI=1S/C11H13FO2/c1-9(13)14-8-11(2,12)10-6-4-3-5-7-10/h3-7H,8H2,1-2H3/t11-/m0/s1. The van der Waals surface area contributed by atoms with E-state index in [1.807, 2.05) is 6.07 Å². The van der Waals surface area contributed by atoms with E-state index in [2.05, 4.69) is 4.74 Å². The molecule has 0 heterocycles. The van der Waals surface area contributed by atoms with Crippen LogP contribution in [0.1, 0.15) is 19.4 Å². The average molecular weight is 196 g/mol. The molecule has 2 nitrogen and oxygen atoms in total. The van der Waals surface area contributed by atoms with Crippen LogP contribution in [0.3, 0.4) is 0 Å². The van der Waals surface area contributed by atoms with Gasteiger partial charge in [-0.3, -0.25) is 4.79 Å². The summed E-state index contributed by atoms with van der Waals surface area (Å²) in [6.07, 6.45) is 0. The third-order valence-corrected chi connectivity index (χ3v) is 1.92. The molecule has 0 fully saturated rings. The summed E-state index contributed by atoms with van der Waals surface area (Å²) in [6, 6.07) is 8.65. The van der Waals surface area contributed by atoms with E-state index in [-0.39, 0.29) is 6.61 Å². The zero-order chi connectivity index (χ0) is 10.6. The van der Waals surface area contributed by atoms with E-state index in [4.69, 9.17) is 0 Å². The SMILES string of the molecule is CC(=O)OC[C@](C)(F)c1ccccc1. The van der Waals surface area contributed by atoms with Gasteiger partial charge in [0.05, 0.1) is 0 Å². The van der Waals surface area contributed by atoms with Gasteiger partial charge in [-0.15, -0.1) is 0 Å². The van der Waals surface area contributed by atoms with Crippen molar-refractivity contribution in [3.63, 3.8) is 0 Å². The topological polar surface area (TPSA) is 26.3 Å². The molecule has 0 bridgehead atoms. The molecule has 0 aromatic heterocycles. The van der Waals surface area contributed by atoms with Crippen LogP contribution in [-0.2, 0) is 15.2 Å². The van der Waals surface area contributed by atoms with Gasteiger partial charge in [-0.1, -0.05) is 30.3 Å². The van der Waals surface area contributed by atoms with Crippen molar-refractivity contribution in [1.29, 1.82) is 0 Å². The first-order chi connectivity index (χ1) is 6.52. The monoisotopic (exact) mass is 196 g/mol. The van der Waals surface area contributed by atoms with Crippen LogP contribution in [0.25, 0.3) is 0 Å². The van der Waals surface area contributed by atoms with E-state index < -0.39 is 11.6 Å². The second kappa shape index (κ2) is 4.22. The van der Waals surface area contributed by atoms with E-state index in [0.29, 0.717) is 5.56 Å². The fourth-order valence-corrected chi connectivity index (χ4v) is 1.11. The van der Waals surface area contributed by atoms with Crippen molar-refractivity contribution in [3.8, 4) is 0 Å². The number of halogens is 1. The predicted octanol–water partition coefficient (Wildman–Crippen LogP) is 2.43. The highest BCUT2D eigenvalue weighted by atomic mass is 19.1. The van der Waals surface area contributed by atoms with Gasteiger partial charge >= 0.3 is 5.97 Å². The molecule has 0 spiro atoms. The van der Waals surface area contributed by atoms with E-state index in [1.165, 1.54) is 13.8 Å². The van der Waals surface area contributed by atoms with Crippen LogP contribution in [0.15, 0.2) is 30.3 Å². The molecule has 0 aliphatic rings. The zero-order valence-corrected chi connectivity index (χ0v) is 8.29. The molecule has 0 radical (unpaired) electrons. The molecule has 1 aromatic rings. The van der Waals surface area contributed by atoms with Crippen LogP contribution < -0.4 is 0 Å². The molecule has 3 heteroatoms. The minimum Gasteiger partial charge on any atom is -0.462 e. The van der Waals surface area contributed by atoms with E-state index in [9.17, 15) is 9.18 Å². The highest BCUT2D eigenvalue weighted by molar-refractivity contribution is 5.66. The van der Waals surface area contributed by atoms with Crippen molar-refractivity contribution in [2.75, 3.05) is 6.61 Å². The molecular formula is C11H13FO2. The number of hydrogen-bond donors (Lipinski definition) is 0. The van der Waals surface area contributed by atoms with Gasteiger partial charge in [-0.05, 0) is 12.5 Å². The largest absolute Gasteiger partial charge is 0.462 e. The van der Waals surface area contributed by atoms with E-state index >= 15 is 0 Å². The van der Waals surface area contributed by atoms with E-state index in [1.54, 1.807) is 24.3 Å². The van der Waals surface area contributed by atoms with E-state index in [0.717, 1.165) is 0 Å². The summed E-state index contributed by atoms with van der Waals surface area (Å²) in [4.78, 5) is 10.5. The fourth-order valence-electron chi connectivity index (χ4n) is 1.11. The number of hydrogen-bond acceptors (Lipinski definition) is 2. The molecule has 0 saturated heterocycles. The first kappa shape index (κ1) is 10.7. The van der Waals surface area contributed by atoms with Crippen molar-refractivity contribution in [3.05, 3.63) is 35.9 Å². The lowest BCUT2D eigenvalue weighted by Gasteiger charge is -2.19. The molecule has 0 N–H and O–H groups in total. The van der Waals surface area contributed by atoms with Gasteiger partial charge in [-0.25, -0.2) is 4.39 Å². The Morgan fingerprint density at radius 2 is 2.00 bits per heavy atom. The highest BCUT2D eigenvalue weighted by Gasteiger charge is 2.26. The summed E-state index contributed by atoms with van der Waals surface area (Å²) in [5, 5.41) is 0. The maximum Gasteiger partial charge on any atom is 0.302 e. The third kappa shape index (κ3) is 2.83. The van der Waals surface area contributed by atoms with Crippen molar-refractivity contribution in [2.45, 2.75) is 19.5 Å². The quantitative estimate of drug-likeness (QED) is 0.694. The molecule has 1 aromatic carbocycles. The first-order valence-electron chi connectivity index (χ1n) is 4.40. The number of benzene rings is 1. The van der Waals surface area contributed by atoms with Crippen LogP contribution in [0.5, 0.6) is 0 Å². The predicted molar refractivity (Wildman–Crippen MR) is 51.5 cm³/mol. The smallest absolute Gasteiger partial charge is 0.302 e. The summed E-state index contributed by atoms with van der Waals surface area (Å²) in [5.74, 6) is -0.468. The van der Waals surface area contributed by atoms with Crippen molar-refractivity contribution in [1.82, 2.24) is 0 Å². The number of carbonyl (C=O) groups excluding carboxylic acids is 1. The average Bonchev–Trinajstić information content (AvgIpc) is 2.16.